The lowest BCUT2D eigenvalue weighted by molar-refractivity contribution is -0.148. The van der Waals surface area contributed by atoms with Crippen molar-refractivity contribution < 1.29 is 29.4 Å². The quantitative estimate of drug-likeness (QED) is 0.275. The smallest absolute Gasteiger partial charge is 0.326 e. The van der Waals surface area contributed by atoms with Gasteiger partial charge in [-0.1, -0.05) is 6.42 Å². The molecule has 0 aromatic carbocycles. The van der Waals surface area contributed by atoms with Gasteiger partial charge in [-0.05, 0) is 44.4 Å². The molecule has 3 atom stereocenters. The highest BCUT2D eigenvalue weighted by atomic mass is 16.4. The van der Waals surface area contributed by atoms with E-state index in [0.717, 1.165) is 0 Å². The summed E-state index contributed by atoms with van der Waals surface area (Å²) in [4.78, 5) is 48.6. The summed E-state index contributed by atoms with van der Waals surface area (Å²) in [6, 6.07) is 0.794. The number of ketones is 1. The van der Waals surface area contributed by atoms with Gasteiger partial charge in [-0.3, -0.25) is 14.4 Å². The second kappa shape index (κ2) is 10.9. The Bertz CT molecular complexity index is 777. The van der Waals surface area contributed by atoms with Crippen LogP contribution in [0.3, 0.4) is 0 Å². The lowest BCUT2D eigenvalue weighted by Crippen LogP contribution is -2.48. The van der Waals surface area contributed by atoms with E-state index in [-0.39, 0.29) is 18.1 Å². The number of likely N-dealkylation sites (tertiary alicyclic amines) is 1. The van der Waals surface area contributed by atoms with E-state index in [4.69, 9.17) is 5.73 Å². The minimum Gasteiger partial charge on any atom is -0.480 e. The fourth-order valence-corrected chi connectivity index (χ4v) is 3.68. The third-order valence-corrected chi connectivity index (χ3v) is 5.39. The second-order valence-corrected chi connectivity index (χ2v) is 7.61. The van der Waals surface area contributed by atoms with Gasteiger partial charge in [0.15, 0.2) is 5.78 Å². The van der Waals surface area contributed by atoms with E-state index in [0.29, 0.717) is 50.9 Å². The molecule has 0 saturated carbocycles. The van der Waals surface area contributed by atoms with Crippen LogP contribution in [0.4, 0.5) is 0 Å². The van der Waals surface area contributed by atoms with Crippen molar-refractivity contribution in [2.24, 2.45) is 12.8 Å². The summed E-state index contributed by atoms with van der Waals surface area (Å²) in [5.41, 5.74) is 6.39. The summed E-state index contributed by atoms with van der Waals surface area (Å²) in [5.74, 6) is -2.72. The highest BCUT2D eigenvalue weighted by Crippen LogP contribution is 2.19. The Labute approximate surface area is 175 Å². The lowest BCUT2D eigenvalue weighted by atomic mass is 10.1. The maximum Gasteiger partial charge on any atom is 0.326 e. The Kier molecular flexibility index (Phi) is 8.55. The summed E-state index contributed by atoms with van der Waals surface area (Å²) in [5, 5.41) is 21.4. The summed E-state index contributed by atoms with van der Waals surface area (Å²) in [6.45, 7) is 0.764. The Balaban J connectivity index is 1.72. The summed E-state index contributed by atoms with van der Waals surface area (Å²) in [6.07, 6.45) is 4.18. The molecule has 0 bridgehead atoms. The van der Waals surface area contributed by atoms with Crippen molar-refractivity contribution in [1.82, 2.24) is 14.8 Å². The normalized spacial score (nSPS) is 18.2. The molecule has 0 radical (unpaired) electrons. The molecule has 0 aliphatic carbocycles. The topological polar surface area (TPSA) is 155 Å². The Hall–Kier alpha value is -2.72. The monoisotopic (exact) mass is 422 g/mol. The van der Waals surface area contributed by atoms with Crippen LogP contribution in [-0.2, 0) is 21.4 Å². The third kappa shape index (κ3) is 6.14. The van der Waals surface area contributed by atoms with Crippen molar-refractivity contribution in [3.05, 3.63) is 24.0 Å². The number of carbonyl (C=O) groups is 4. The maximum atomic E-state index is 12.4. The number of carboxylic acids is 2. The van der Waals surface area contributed by atoms with E-state index in [1.165, 1.54) is 4.90 Å². The molecule has 1 aromatic rings. The van der Waals surface area contributed by atoms with Crippen LogP contribution in [0, 0.1) is 0 Å². The Morgan fingerprint density at radius 1 is 1.27 bits per heavy atom. The number of nitrogens with two attached hydrogens (primary N) is 1. The fourth-order valence-electron chi connectivity index (χ4n) is 3.68. The number of nitrogens with zero attached hydrogens (tertiary/aromatic N) is 2. The Morgan fingerprint density at radius 3 is 2.60 bits per heavy atom. The van der Waals surface area contributed by atoms with Crippen LogP contribution in [0.2, 0.25) is 0 Å². The third-order valence-electron chi connectivity index (χ3n) is 5.39. The van der Waals surface area contributed by atoms with Gasteiger partial charge in [0, 0.05) is 26.2 Å². The largest absolute Gasteiger partial charge is 0.480 e. The van der Waals surface area contributed by atoms with Gasteiger partial charge in [0.1, 0.15) is 12.1 Å². The van der Waals surface area contributed by atoms with E-state index < -0.39 is 30.1 Å². The van der Waals surface area contributed by atoms with Crippen molar-refractivity contribution in [3.8, 4) is 0 Å². The molecular formula is C20H30N4O6. The molecule has 1 saturated heterocycles. The van der Waals surface area contributed by atoms with Crippen LogP contribution in [0.15, 0.2) is 18.3 Å². The van der Waals surface area contributed by atoms with Gasteiger partial charge < -0.3 is 30.7 Å². The van der Waals surface area contributed by atoms with E-state index in [2.05, 4.69) is 5.32 Å². The predicted molar refractivity (Wildman–Crippen MR) is 108 cm³/mol. The zero-order chi connectivity index (χ0) is 22.3. The minimum absolute atomic E-state index is 0.156. The van der Waals surface area contributed by atoms with Gasteiger partial charge in [0.25, 0.3) is 0 Å². The van der Waals surface area contributed by atoms with Crippen molar-refractivity contribution in [3.63, 3.8) is 0 Å². The van der Waals surface area contributed by atoms with Gasteiger partial charge in [0.05, 0.1) is 11.7 Å². The number of carbonyl (C=O) groups excluding carboxylic acids is 2. The Morgan fingerprint density at radius 2 is 2.00 bits per heavy atom. The molecule has 2 heterocycles. The molecule has 10 heteroatoms. The van der Waals surface area contributed by atoms with Crippen LogP contribution in [0.25, 0.3) is 0 Å². The number of unbranched alkanes of at least 4 members (excludes halogenated alkanes) is 1. The molecule has 1 aromatic heterocycles. The number of hydrogen-bond acceptors (Lipinski definition) is 6. The summed E-state index contributed by atoms with van der Waals surface area (Å²) >= 11 is 0. The summed E-state index contributed by atoms with van der Waals surface area (Å²) < 4.78 is 1.65. The molecule has 10 nitrogen and oxygen atoms in total. The number of hydrogen-bond donors (Lipinski definition) is 4. The van der Waals surface area contributed by atoms with Crippen LogP contribution in [0.5, 0.6) is 0 Å². The zero-order valence-corrected chi connectivity index (χ0v) is 17.1. The molecule has 1 fully saturated rings. The second-order valence-electron chi connectivity index (χ2n) is 7.61. The number of aromatic nitrogens is 1. The first-order valence-electron chi connectivity index (χ1n) is 10.1. The van der Waals surface area contributed by atoms with Gasteiger partial charge in [-0.25, -0.2) is 4.79 Å². The number of amides is 1. The lowest BCUT2D eigenvalue weighted by Gasteiger charge is -2.24. The van der Waals surface area contributed by atoms with Crippen LogP contribution >= 0.6 is 0 Å². The number of aliphatic carboxylic acids is 2. The standard InChI is InChI=1S/C20H30N4O6/c1-23-10-4-7-15(23)17(25)12-14(19(27)28)22-9-3-2-6-13(21)18(26)24-11-5-8-16(24)20(29)30/h4,7,10,13-14,16,22H,2-3,5-6,8-9,11-12,21H2,1H3,(H,27,28)(H,29,30)/t13-,14?,16-/m0/s1. The van der Waals surface area contributed by atoms with Crippen molar-refractivity contribution in [1.29, 1.82) is 0 Å². The number of carboxylic acid groups (broad SMARTS) is 2. The van der Waals surface area contributed by atoms with E-state index in [1.54, 1.807) is 29.9 Å². The zero-order valence-electron chi connectivity index (χ0n) is 17.1. The molecular weight excluding hydrogens is 392 g/mol. The molecule has 1 aliphatic heterocycles. The first kappa shape index (κ1) is 23.6. The van der Waals surface area contributed by atoms with Gasteiger partial charge in [-0.2, -0.15) is 0 Å². The average molecular weight is 422 g/mol. The van der Waals surface area contributed by atoms with Crippen LogP contribution in [-0.4, -0.2) is 74.5 Å². The number of aryl methyl sites for hydroxylation is 1. The van der Waals surface area contributed by atoms with Gasteiger partial charge in [0.2, 0.25) is 5.91 Å². The highest BCUT2D eigenvalue weighted by molar-refractivity contribution is 5.97. The number of rotatable bonds is 12. The molecule has 0 spiro atoms. The molecule has 5 N–H and O–H groups in total. The van der Waals surface area contributed by atoms with Crippen molar-refractivity contribution in [2.45, 2.75) is 56.7 Å². The van der Waals surface area contributed by atoms with Crippen molar-refractivity contribution >= 4 is 23.6 Å². The van der Waals surface area contributed by atoms with Crippen molar-refractivity contribution in [2.75, 3.05) is 13.1 Å². The fraction of sp³-hybridized carbons (Fsp3) is 0.600. The molecule has 1 unspecified atom stereocenters. The van der Waals surface area contributed by atoms with E-state index >= 15 is 0 Å². The molecule has 1 aliphatic rings. The van der Waals surface area contributed by atoms with Gasteiger partial charge in [-0.15, -0.1) is 0 Å². The molecule has 1 amide bonds. The first-order chi connectivity index (χ1) is 14.2. The number of Topliss-reactive ketones (excluding diaryl/α,β-unsaturated/α-hetero) is 1. The number of nitrogens with one attached hydrogen (secondary N) is 1. The molecule has 2 rings (SSSR count). The molecule has 30 heavy (non-hydrogen) atoms. The maximum absolute atomic E-state index is 12.4. The minimum atomic E-state index is -1.10. The van der Waals surface area contributed by atoms with Crippen LogP contribution < -0.4 is 11.1 Å². The molecule has 166 valence electrons. The highest BCUT2D eigenvalue weighted by Gasteiger charge is 2.35. The van der Waals surface area contributed by atoms with E-state index in [9.17, 15) is 29.4 Å². The first-order valence-corrected chi connectivity index (χ1v) is 10.1. The SMILES string of the molecule is Cn1cccc1C(=O)CC(NCCCC[C@H](N)C(=O)N1CCC[C@H]1C(=O)O)C(=O)O. The predicted octanol–water partition coefficient (Wildman–Crippen LogP) is 0.214. The average Bonchev–Trinajstić information content (AvgIpc) is 3.34. The van der Waals surface area contributed by atoms with Gasteiger partial charge >= 0.3 is 11.9 Å². The van der Waals surface area contributed by atoms with Crippen LogP contribution in [0.1, 0.15) is 49.0 Å². The van der Waals surface area contributed by atoms with E-state index in [1.807, 2.05) is 0 Å². The summed E-state index contributed by atoms with van der Waals surface area (Å²) in [7, 11) is 1.72.